The van der Waals surface area contributed by atoms with Crippen molar-refractivity contribution in [2.24, 2.45) is 0 Å². The molecule has 0 fully saturated rings. The summed E-state index contributed by atoms with van der Waals surface area (Å²) in [5, 5.41) is 23.6. The summed E-state index contributed by atoms with van der Waals surface area (Å²) in [6.45, 7) is 1.83. The van der Waals surface area contributed by atoms with Crippen molar-refractivity contribution in [1.29, 1.82) is 0 Å². The summed E-state index contributed by atoms with van der Waals surface area (Å²) in [7, 11) is 0. The summed E-state index contributed by atoms with van der Waals surface area (Å²) in [5.41, 5.74) is 1.19. The van der Waals surface area contributed by atoms with Crippen molar-refractivity contribution in [3.8, 4) is 11.5 Å². The predicted octanol–water partition coefficient (Wildman–Crippen LogP) is 4.58. The Balaban J connectivity index is 2.25. The van der Waals surface area contributed by atoms with E-state index in [2.05, 4.69) is 5.32 Å². The van der Waals surface area contributed by atoms with E-state index in [1.54, 1.807) is 24.3 Å². The topological polar surface area (TPSA) is 52.5 Å². The zero-order chi connectivity index (χ0) is 14.0. The Morgan fingerprint density at radius 2 is 1.63 bits per heavy atom. The Hall–Kier alpha value is -1.58. The average molecular weight is 298 g/mol. The third-order valence-electron chi connectivity index (χ3n) is 2.80. The number of halogens is 2. The molecule has 0 aliphatic carbocycles. The van der Waals surface area contributed by atoms with Gasteiger partial charge in [0.2, 0.25) is 0 Å². The summed E-state index contributed by atoms with van der Waals surface area (Å²) >= 11 is 11.8. The average Bonchev–Trinajstić information content (AvgIpc) is 2.33. The number of phenols is 2. The van der Waals surface area contributed by atoms with Crippen molar-refractivity contribution in [2.45, 2.75) is 13.0 Å². The molecule has 0 saturated carbocycles. The van der Waals surface area contributed by atoms with Crippen molar-refractivity contribution in [3.63, 3.8) is 0 Å². The monoisotopic (exact) mass is 297 g/mol. The Morgan fingerprint density at radius 3 is 2.21 bits per heavy atom. The molecule has 5 heteroatoms. The van der Waals surface area contributed by atoms with Crippen LogP contribution in [0, 0.1) is 0 Å². The molecule has 2 aromatic carbocycles. The van der Waals surface area contributed by atoms with Gasteiger partial charge in [0.25, 0.3) is 0 Å². The maximum absolute atomic E-state index is 9.79. The van der Waals surface area contributed by atoms with Crippen molar-refractivity contribution in [2.75, 3.05) is 5.32 Å². The number of anilines is 1. The molecule has 0 aliphatic heterocycles. The van der Waals surface area contributed by atoms with Crippen LogP contribution in [0.25, 0.3) is 0 Å². The molecular weight excluding hydrogens is 285 g/mol. The Morgan fingerprint density at radius 1 is 1.00 bits per heavy atom. The molecule has 0 bridgehead atoms. The third-order valence-corrected chi connectivity index (χ3v) is 3.53. The fraction of sp³-hybridized carbons (Fsp3) is 0.143. The van der Waals surface area contributed by atoms with Crippen molar-refractivity contribution < 1.29 is 10.2 Å². The van der Waals surface area contributed by atoms with E-state index in [0.29, 0.717) is 15.6 Å². The lowest BCUT2D eigenvalue weighted by atomic mass is 10.1. The van der Waals surface area contributed by atoms with Gasteiger partial charge < -0.3 is 15.5 Å². The standard InChI is InChI=1S/C14H13Cl2NO2/c1-8(14-12(18)3-2-4-13(14)19)17-9-5-6-10(15)11(16)7-9/h2-8,17-19H,1H3. The normalized spacial score (nSPS) is 12.2. The number of nitrogens with one attached hydrogen (secondary N) is 1. The minimum atomic E-state index is -0.279. The first-order chi connectivity index (χ1) is 8.99. The molecule has 1 atom stereocenters. The van der Waals surface area contributed by atoms with Gasteiger partial charge in [-0.15, -0.1) is 0 Å². The quantitative estimate of drug-likeness (QED) is 0.777. The largest absolute Gasteiger partial charge is 0.507 e. The first-order valence-corrected chi connectivity index (χ1v) is 6.47. The van der Waals surface area contributed by atoms with Gasteiger partial charge in [0, 0.05) is 5.69 Å². The van der Waals surface area contributed by atoms with Gasteiger partial charge in [-0.25, -0.2) is 0 Å². The molecule has 0 amide bonds. The first kappa shape index (κ1) is 13.8. The van der Waals surface area contributed by atoms with E-state index >= 15 is 0 Å². The van der Waals surface area contributed by atoms with Crippen LogP contribution in [-0.2, 0) is 0 Å². The molecule has 19 heavy (non-hydrogen) atoms. The van der Waals surface area contributed by atoms with Gasteiger partial charge in [0.05, 0.1) is 21.7 Å². The SMILES string of the molecule is CC(Nc1ccc(Cl)c(Cl)c1)c1c(O)cccc1O. The van der Waals surface area contributed by atoms with Crippen molar-refractivity contribution in [3.05, 3.63) is 52.0 Å². The van der Waals surface area contributed by atoms with Crippen molar-refractivity contribution >= 4 is 28.9 Å². The molecule has 1 unspecified atom stereocenters. The molecule has 0 aromatic heterocycles. The number of hydrogen-bond acceptors (Lipinski definition) is 3. The lowest BCUT2D eigenvalue weighted by molar-refractivity contribution is 0.434. The van der Waals surface area contributed by atoms with Crippen LogP contribution >= 0.6 is 23.2 Å². The third kappa shape index (κ3) is 3.06. The summed E-state index contributed by atoms with van der Waals surface area (Å²) in [5.74, 6) is 0.0834. The van der Waals surface area contributed by atoms with E-state index in [-0.39, 0.29) is 17.5 Å². The lowest BCUT2D eigenvalue weighted by Crippen LogP contribution is -2.07. The maximum Gasteiger partial charge on any atom is 0.124 e. The highest BCUT2D eigenvalue weighted by Gasteiger charge is 2.15. The van der Waals surface area contributed by atoms with Crippen LogP contribution in [0.3, 0.4) is 0 Å². The van der Waals surface area contributed by atoms with Gasteiger partial charge in [-0.05, 0) is 37.3 Å². The van der Waals surface area contributed by atoms with Crippen LogP contribution in [-0.4, -0.2) is 10.2 Å². The smallest absolute Gasteiger partial charge is 0.124 e. The van der Waals surface area contributed by atoms with Crippen LogP contribution < -0.4 is 5.32 Å². The zero-order valence-corrected chi connectivity index (χ0v) is 11.7. The van der Waals surface area contributed by atoms with E-state index in [4.69, 9.17) is 23.2 Å². The Kier molecular flexibility index (Phi) is 4.08. The zero-order valence-electron chi connectivity index (χ0n) is 10.2. The second kappa shape index (κ2) is 5.59. The molecule has 0 heterocycles. The van der Waals surface area contributed by atoms with Crippen LogP contribution in [0.4, 0.5) is 5.69 Å². The minimum Gasteiger partial charge on any atom is -0.507 e. The summed E-state index contributed by atoms with van der Waals surface area (Å²) in [6, 6.07) is 9.52. The molecule has 2 aromatic rings. The summed E-state index contributed by atoms with van der Waals surface area (Å²) in [4.78, 5) is 0. The van der Waals surface area contributed by atoms with Crippen LogP contribution in [0.5, 0.6) is 11.5 Å². The highest BCUT2D eigenvalue weighted by atomic mass is 35.5. The van der Waals surface area contributed by atoms with Gasteiger partial charge in [0.1, 0.15) is 11.5 Å². The molecule has 0 radical (unpaired) electrons. The van der Waals surface area contributed by atoms with Crippen molar-refractivity contribution in [1.82, 2.24) is 0 Å². The molecule has 2 rings (SSSR count). The fourth-order valence-electron chi connectivity index (χ4n) is 1.89. The Bertz CT molecular complexity index is 582. The Labute approximate surface area is 121 Å². The molecule has 0 aliphatic rings. The van der Waals surface area contributed by atoms with Gasteiger partial charge in [0.15, 0.2) is 0 Å². The summed E-state index contributed by atoms with van der Waals surface area (Å²) in [6.07, 6.45) is 0. The molecule has 3 N–H and O–H groups in total. The number of aromatic hydroxyl groups is 2. The highest BCUT2D eigenvalue weighted by molar-refractivity contribution is 6.42. The predicted molar refractivity (Wildman–Crippen MR) is 78.3 cm³/mol. The van der Waals surface area contributed by atoms with E-state index in [1.807, 2.05) is 6.92 Å². The van der Waals surface area contributed by atoms with Gasteiger partial charge >= 0.3 is 0 Å². The number of benzene rings is 2. The maximum atomic E-state index is 9.79. The number of hydrogen-bond donors (Lipinski definition) is 3. The van der Waals surface area contributed by atoms with Crippen LogP contribution in [0.15, 0.2) is 36.4 Å². The molecule has 0 saturated heterocycles. The van der Waals surface area contributed by atoms with E-state index in [1.165, 1.54) is 12.1 Å². The molecular formula is C14H13Cl2NO2. The molecule has 3 nitrogen and oxygen atoms in total. The van der Waals surface area contributed by atoms with Crippen LogP contribution in [0.1, 0.15) is 18.5 Å². The lowest BCUT2D eigenvalue weighted by Gasteiger charge is -2.18. The molecule has 0 spiro atoms. The van der Waals surface area contributed by atoms with Gasteiger partial charge in [-0.2, -0.15) is 0 Å². The number of rotatable bonds is 3. The van der Waals surface area contributed by atoms with E-state index in [0.717, 1.165) is 5.69 Å². The van der Waals surface area contributed by atoms with Gasteiger partial charge in [-0.3, -0.25) is 0 Å². The molecule has 100 valence electrons. The second-order valence-electron chi connectivity index (χ2n) is 4.20. The van der Waals surface area contributed by atoms with E-state index in [9.17, 15) is 10.2 Å². The number of phenolic OH excluding ortho intramolecular Hbond substituents is 2. The first-order valence-electron chi connectivity index (χ1n) is 5.71. The van der Waals surface area contributed by atoms with Gasteiger partial charge in [-0.1, -0.05) is 29.3 Å². The highest BCUT2D eigenvalue weighted by Crippen LogP contribution is 2.35. The second-order valence-corrected chi connectivity index (χ2v) is 5.02. The van der Waals surface area contributed by atoms with E-state index < -0.39 is 0 Å². The summed E-state index contributed by atoms with van der Waals surface area (Å²) < 4.78 is 0. The fourth-order valence-corrected chi connectivity index (χ4v) is 2.19. The minimum absolute atomic E-state index is 0.0417. The van der Waals surface area contributed by atoms with Crippen LogP contribution in [0.2, 0.25) is 10.0 Å².